The summed E-state index contributed by atoms with van der Waals surface area (Å²) in [5.41, 5.74) is 0. The van der Waals surface area contributed by atoms with Crippen molar-refractivity contribution in [2.24, 2.45) is 0 Å². The van der Waals surface area contributed by atoms with Gasteiger partial charge < -0.3 is 0 Å². The zero-order valence-electron chi connectivity index (χ0n) is 5.10. The summed E-state index contributed by atoms with van der Waals surface area (Å²) in [6.45, 7) is 0. The quantitative estimate of drug-likeness (QED) is 0.375. The van der Waals surface area contributed by atoms with Crippen LogP contribution in [0, 0.1) is 0 Å². The normalized spacial score (nSPS) is 11.7. The Hall–Kier alpha value is 0.320. The second-order valence-corrected chi connectivity index (χ2v) is 4.24. The second-order valence-electron chi connectivity index (χ2n) is 1.10. The summed E-state index contributed by atoms with van der Waals surface area (Å²) in [6, 6.07) is 0. The molecule has 0 radical (unpaired) electrons. The molecule has 0 aliphatic heterocycles. The van der Waals surface area contributed by atoms with E-state index in [0.29, 0.717) is 0 Å². The van der Waals surface area contributed by atoms with E-state index in [1.165, 1.54) is 0 Å². The van der Waals surface area contributed by atoms with Crippen LogP contribution in [0.1, 0.15) is 0 Å². The number of halogens is 2. The fourth-order valence-corrected chi connectivity index (χ4v) is 0. The van der Waals surface area contributed by atoms with Crippen LogP contribution in [-0.4, -0.2) is 25.9 Å². The van der Waals surface area contributed by atoms with E-state index in [9.17, 15) is 16.8 Å². The van der Waals surface area contributed by atoms with Crippen LogP contribution in [0.5, 0.6) is 0 Å². The molecule has 0 aromatic carbocycles. The van der Waals surface area contributed by atoms with Crippen molar-refractivity contribution >= 4 is 44.2 Å². The molecule has 0 unspecified atom stereocenters. The van der Waals surface area contributed by atoms with Crippen molar-refractivity contribution in [3.05, 3.63) is 0 Å². The summed E-state index contributed by atoms with van der Waals surface area (Å²) in [4.78, 5) is 0. The number of nitrogens with one attached hydrogen (secondary N) is 2. The van der Waals surface area contributed by atoms with Crippen molar-refractivity contribution in [3.8, 4) is 0 Å². The molecule has 0 saturated heterocycles. The van der Waals surface area contributed by atoms with E-state index in [1.54, 1.807) is 0 Å². The molecule has 0 atom stereocenters. The van der Waals surface area contributed by atoms with E-state index < -0.39 is 20.6 Å². The van der Waals surface area contributed by atoms with Gasteiger partial charge in [0.1, 0.15) is 0 Å². The van der Waals surface area contributed by atoms with E-state index in [1.807, 2.05) is 0 Å². The maximum absolute atomic E-state index is 9.31. The summed E-state index contributed by atoms with van der Waals surface area (Å²) in [6.07, 6.45) is 0. The summed E-state index contributed by atoms with van der Waals surface area (Å²) < 4.78 is 54.6. The third-order valence-electron chi connectivity index (χ3n) is 0.195. The van der Waals surface area contributed by atoms with Gasteiger partial charge in [0.25, 0.3) is 0 Å². The van der Waals surface area contributed by atoms with Crippen LogP contribution in [-0.2, 0) is 20.6 Å². The van der Waals surface area contributed by atoms with Gasteiger partial charge in [0.2, 0.25) is 0 Å². The monoisotopic (exact) mass is 262 g/mol. The summed E-state index contributed by atoms with van der Waals surface area (Å²) >= 11 is 8.78. The molecule has 0 rings (SSSR count). The molecule has 0 aliphatic rings. The lowest BCUT2D eigenvalue weighted by Crippen LogP contribution is -2.10. The predicted molar refractivity (Wildman–Crippen MR) is 41.1 cm³/mol. The highest BCUT2D eigenvalue weighted by Gasteiger charge is 1.94. The molecular weight excluding hydrogens is 259 g/mol. The van der Waals surface area contributed by atoms with Gasteiger partial charge in [-0.05, 0) is 23.6 Å². The number of rotatable bonds is 2. The molecule has 0 bridgehead atoms. The smallest absolute Gasteiger partial charge is 0.273 e. The zero-order valence-corrected chi connectivity index (χ0v) is 8.24. The van der Waals surface area contributed by atoms with Gasteiger partial charge in [0, 0.05) is 0 Å². The van der Waals surface area contributed by atoms with Gasteiger partial charge in [-0.25, -0.2) is 0 Å². The highest BCUT2D eigenvalue weighted by molar-refractivity contribution is 7.85. The van der Waals surface area contributed by atoms with Crippen LogP contribution >= 0.6 is 23.6 Å². The van der Waals surface area contributed by atoms with Crippen LogP contribution < -0.4 is 8.48 Å². The molecule has 76 valence electrons. The van der Waals surface area contributed by atoms with Gasteiger partial charge in [-0.15, -0.1) is 8.48 Å². The minimum absolute atomic E-state index is 1.10. The first kappa shape index (κ1) is 14.8. The Morgan fingerprint density at radius 1 is 0.833 bits per heavy atom. The maximum Gasteiger partial charge on any atom is 0.346 e. The average molecular weight is 263 g/mol. The first-order valence-electron chi connectivity index (χ1n) is 1.82. The molecule has 0 aliphatic carbocycles. The largest absolute Gasteiger partial charge is 0.346 e. The number of hydrogen-bond donors (Lipinski definition) is 4. The Balaban J connectivity index is 0. The standard InChI is InChI=1S/2ClH2NO3S/c2*1-2-6(3,4)5/h2*2H,(H,3,4,5). The average Bonchev–Trinajstić information content (AvgIpc) is 1.86. The Morgan fingerprint density at radius 3 is 0.917 bits per heavy atom. The fourth-order valence-electron chi connectivity index (χ4n) is 0. The molecule has 12 heavy (non-hydrogen) atoms. The number of hydrogen-bond acceptors (Lipinski definition) is 4. The van der Waals surface area contributed by atoms with Crippen molar-refractivity contribution in [2.45, 2.75) is 0 Å². The molecule has 12 heteroatoms. The van der Waals surface area contributed by atoms with Crippen molar-refractivity contribution in [2.75, 3.05) is 0 Å². The van der Waals surface area contributed by atoms with Crippen LogP contribution in [0.4, 0.5) is 0 Å². The van der Waals surface area contributed by atoms with Crippen molar-refractivity contribution in [1.29, 1.82) is 0 Å². The van der Waals surface area contributed by atoms with Crippen molar-refractivity contribution in [3.63, 3.8) is 0 Å². The fraction of sp³-hybridized carbons (Fsp3) is 0. The minimum Gasteiger partial charge on any atom is -0.273 e. The lowest BCUT2D eigenvalue weighted by atomic mass is 13.9. The molecule has 0 heterocycles. The van der Waals surface area contributed by atoms with Gasteiger partial charge >= 0.3 is 20.6 Å². The van der Waals surface area contributed by atoms with E-state index in [2.05, 4.69) is 23.6 Å². The second kappa shape index (κ2) is 5.88. The van der Waals surface area contributed by atoms with Gasteiger partial charge in [0.05, 0.1) is 0 Å². The van der Waals surface area contributed by atoms with Crippen molar-refractivity contribution in [1.82, 2.24) is 8.48 Å². The third kappa shape index (κ3) is 22.4. The van der Waals surface area contributed by atoms with Gasteiger partial charge in [-0.1, -0.05) is 0 Å². The van der Waals surface area contributed by atoms with E-state index in [-0.39, 0.29) is 0 Å². The predicted octanol–water partition coefficient (Wildman–Crippen LogP) is -0.935. The molecule has 4 N–H and O–H groups in total. The van der Waals surface area contributed by atoms with Crippen LogP contribution in [0.25, 0.3) is 0 Å². The van der Waals surface area contributed by atoms with Crippen molar-refractivity contribution < 1.29 is 25.9 Å². The molecule has 0 aromatic rings. The highest BCUT2D eigenvalue weighted by atomic mass is 35.5. The molecule has 0 spiro atoms. The first-order valence-corrected chi connectivity index (χ1v) is 5.45. The first-order chi connectivity index (χ1) is 5.12. The summed E-state index contributed by atoms with van der Waals surface area (Å²) in [5, 5.41) is 0. The molecule has 0 amide bonds. The summed E-state index contributed by atoms with van der Waals surface area (Å²) in [7, 11) is -8.29. The molecule has 0 aromatic heterocycles. The summed E-state index contributed by atoms with van der Waals surface area (Å²) in [5.74, 6) is 0. The topological polar surface area (TPSA) is 133 Å². The molecule has 0 saturated carbocycles. The highest BCUT2D eigenvalue weighted by Crippen LogP contribution is 1.71. The minimum atomic E-state index is -4.15. The van der Waals surface area contributed by atoms with Gasteiger partial charge in [0.15, 0.2) is 0 Å². The molecule has 8 nitrogen and oxygen atoms in total. The van der Waals surface area contributed by atoms with Gasteiger partial charge in [-0.2, -0.15) is 16.8 Å². The van der Waals surface area contributed by atoms with E-state index >= 15 is 0 Å². The van der Waals surface area contributed by atoms with E-state index in [0.717, 1.165) is 8.48 Å². The van der Waals surface area contributed by atoms with E-state index in [4.69, 9.17) is 9.11 Å². The Bertz CT molecular complexity index is 258. The lowest BCUT2D eigenvalue weighted by molar-refractivity contribution is 0.477. The SMILES string of the molecule is O=S(=O)(O)NCl.O=S(=O)(O)NCl. The van der Waals surface area contributed by atoms with Crippen LogP contribution in [0.3, 0.4) is 0 Å². The van der Waals surface area contributed by atoms with Crippen LogP contribution in [0.15, 0.2) is 0 Å². The maximum atomic E-state index is 9.31. The molecular formula is H4Cl2N2O6S2. The van der Waals surface area contributed by atoms with Crippen LogP contribution in [0.2, 0.25) is 0 Å². The lowest BCUT2D eigenvalue weighted by Gasteiger charge is -1.80. The third-order valence-corrected chi connectivity index (χ3v) is 1.75. The Labute approximate surface area is 78.8 Å². The Morgan fingerprint density at radius 2 is 0.917 bits per heavy atom. The zero-order chi connectivity index (χ0) is 10.4. The molecule has 0 fully saturated rings. The van der Waals surface area contributed by atoms with Gasteiger partial charge in [-0.3, -0.25) is 9.11 Å². The Kier molecular flexibility index (Phi) is 7.26.